The van der Waals surface area contributed by atoms with Crippen molar-refractivity contribution in [2.45, 2.75) is 26.2 Å². The molecule has 0 unspecified atom stereocenters. The minimum absolute atomic E-state index is 0.920. The fourth-order valence-corrected chi connectivity index (χ4v) is 2.10. The zero-order chi connectivity index (χ0) is 11.2. The highest BCUT2D eigenvalue weighted by molar-refractivity contribution is 5.37. The van der Waals surface area contributed by atoms with Gasteiger partial charge in [0.25, 0.3) is 0 Å². The van der Waals surface area contributed by atoms with Gasteiger partial charge in [-0.2, -0.15) is 0 Å². The minimum atomic E-state index is 0.920. The van der Waals surface area contributed by atoms with E-state index in [1.807, 2.05) is 6.92 Å². The highest BCUT2D eigenvalue weighted by Gasteiger charge is 2.10. The normalized spacial score (nSPS) is 16.6. The van der Waals surface area contributed by atoms with E-state index in [0.29, 0.717) is 0 Å². The Balaban J connectivity index is 1.66. The van der Waals surface area contributed by atoms with Crippen molar-refractivity contribution in [1.29, 1.82) is 0 Å². The molecule has 1 saturated heterocycles. The molecule has 1 N–H and O–H groups in total. The van der Waals surface area contributed by atoms with Gasteiger partial charge in [0.2, 0.25) is 0 Å². The van der Waals surface area contributed by atoms with Crippen LogP contribution in [0.3, 0.4) is 0 Å². The van der Waals surface area contributed by atoms with E-state index in [2.05, 4.69) is 20.2 Å². The van der Waals surface area contributed by atoms with Gasteiger partial charge in [-0.05, 0) is 45.8 Å². The molecule has 0 radical (unpaired) electrons. The average molecular weight is 220 g/mol. The third kappa shape index (κ3) is 3.17. The number of nitrogens with one attached hydrogen (secondary N) is 1. The van der Waals surface area contributed by atoms with Crippen LogP contribution in [0.2, 0.25) is 0 Å². The van der Waals surface area contributed by atoms with Crippen molar-refractivity contribution in [2.75, 3.05) is 31.5 Å². The zero-order valence-electron chi connectivity index (χ0n) is 9.95. The van der Waals surface area contributed by atoms with Crippen molar-refractivity contribution in [3.8, 4) is 0 Å². The number of rotatable bonds is 5. The van der Waals surface area contributed by atoms with Crippen LogP contribution < -0.4 is 5.32 Å². The van der Waals surface area contributed by atoms with Crippen molar-refractivity contribution < 1.29 is 0 Å². The van der Waals surface area contributed by atoms with E-state index in [0.717, 1.165) is 18.1 Å². The number of nitrogens with zero attached hydrogens (tertiary/aromatic N) is 3. The molecule has 88 valence electrons. The molecule has 1 fully saturated rings. The van der Waals surface area contributed by atoms with Gasteiger partial charge in [0.15, 0.2) is 0 Å². The van der Waals surface area contributed by atoms with Gasteiger partial charge < -0.3 is 10.2 Å². The molecule has 1 aliphatic heterocycles. The SMILES string of the molecule is Cc1nccnc1NCCCN1CCCC1. The molecule has 2 heterocycles. The average Bonchev–Trinajstić information content (AvgIpc) is 2.79. The smallest absolute Gasteiger partial charge is 0.147 e. The van der Waals surface area contributed by atoms with Crippen LogP contribution in [0.4, 0.5) is 5.82 Å². The summed E-state index contributed by atoms with van der Waals surface area (Å²) in [6.07, 6.45) is 7.38. The monoisotopic (exact) mass is 220 g/mol. The van der Waals surface area contributed by atoms with Crippen molar-refractivity contribution in [3.63, 3.8) is 0 Å². The molecular weight excluding hydrogens is 200 g/mol. The molecule has 0 atom stereocenters. The van der Waals surface area contributed by atoms with Gasteiger partial charge in [-0.15, -0.1) is 0 Å². The first kappa shape index (κ1) is 11.3. The topological polar surface area (TPSA) is 41.1 Å². The molecule has 1 aliphatic rings. The van der Waals surface area contributed by atoms with Crippen LogP contribution in [-0.4, -0.2) is 41.0 Å². The molecule has 0 bridgehead atoms. The van der Waals surface area contributed by atoms with E-state index in [-0.39, 0.29) is 0 Å². The lowest BCUT2D eigenvalue weighted by molar-refractivity contribution is 0.337. The van der Waals surface area contributed by atoms with E-state index < -0.39 is 0 Å². The van der Waals surface area contributed by atoms with Crippen LogP contribution in [0.5, 0.6) is 0 Å². The molecule has 0 amide bonds. The molecular formula is C12H20N4. The first-order chi connectivity index (χ1) is 7.86. The summed E-state index contributed by atoms with van der Waals surface area (Å²) in [7, 11) is 0. The van der Waals surface area contributed by atoms with Gasteiger partial charge in [0.1, 0.15) is 5.82 Å². The molecule has 0 spiro atoms. The molecule has 1 aromatic rings. The van der Waals surface area contributed by atoms with Gasteiger partial charge in [-0.1, -0.05) is 0 Å². The second kappa shape index (κ2) is 5.80. The number of hydrogen-bond acceptors (Lipinski definition) is 4. The van der Waals surface area contributed by atoms with Crippen molar-refractivity contribution in [3.05, 3.63) is 18.1 Å². The Kier molecular flexibility index (Phi) is 4.10. The Morgan fingerprint density at radius 1 is 1.25 bits per heavy atom. The Labute approximate surface area is 97.1 Å². The highest BCUT2D eigenvalue weighted by Crippen LogP contribution is 2.08. The Bertz CT molecular complexity index is 321. The van der Waals surface area contributed by atoms with Crippen molar-refractivity contribution in [1.82, 2.24) is 14.9 Å². The second-order valence-electron chi connectivity index (χ2n) is 4.32. The third-order valence-electron chi connectivity index (χ3n) is 3.02. The third-order valence-corrected chi connectivity index (χ3v) is 3.02. The number of aromatic nitrogens is 2. The first-order valence-corrected chi connectivity index (χ1v) is 6.10. The molecule has 0 saturated carbocycles. The second-order valence-corrected chi connectivity index (χ2v) is 4.32. The van der Waals surface area contributed by atoms with Gasteiger partial charge in [0.05, 0.1) is 5.69 Å². The van der Waals surface area contributed by atoms with E-state index in [4.69, 9.17) is 0 Å². The largest absolute Gasteiger partial charge is 0.369 e. The number of likely N-dealkylation sites (tertiary alicyclic amines) is 1. The summed E-state index contributed by atoms with van der Waals surface area (Å²) in [5, 5.41) is 3.34. The van der Waals surface area contributed by atoms with Crippen LogP contribution in [0.25, 0.3) is 0 Å². The van der Waals surface area contributed by atoms with Gasteiger partial charge in [-0.3, -0.25) is 4.98 Å². The van der Waals surface area contributed by atoms with Gasteiger partial charge in [0, 0.05) is 18.9 Å². The molecule has 16 heavy (non-hydrogen) atoms. The summed E-state index contributed by atoms with van der Waals surface area (Å²) in [5.41, 5.74) is 0.976. The summed E-state index contributed by atoms with van der Waals surface area (Å²) in [6.45, 7) is 6.73. The quantitative estimate of drug-likeness (QED) is 0.767. The predicted octanol–water partition coefficient (Wildman–Crippen LogP) is 1.68. The van der Waals surface area contributed by atoms with Crippen molar-refractivity contribution >= 4 is 5.82 Å². The van der Waals surface area contributed by atoms with Crippen LogP contribution in [0.15, 0.2) is 12.4 Å². The van der Waals surface area contributed by atoms with E-state index in [1.165, 1.54) is 38.9 Å². The molecule has 1 aromatic heterocycles. The molecule has 0 aromatic carbocycles. The first-order valence-electron chi connectivity index (χ1n) is 6.10. The predicted molar refractivity (Wildman–Crippen MR) is 65.5 cm³/mol. The van der Waals surface area contributed by atoms with E-state index >= 15 is 0 Å². The minimum Gasteiger partial charge on any atom is -0.369 e. The van der Waals surface area contributed by atoms with E-state index in [9.17, 15) is 0 Å². The Morgan fingerprint density at radius 2 is 2.00 bits per heavy atom. The molecule has 4 nitrogen and oxygen atoms in total. The summed E-state index contributed by atoms with van der Waals surface area (Å²) >= 11 is 0. The standard InChI is InChI=1S/C12H20N4/c1-11-12(15-7-6-13-11)14-5-4-10-16-8-2-3-9-16/h6-7H,2-5,8-10H2,1H3,(H,14,15). The fraction of sp³-hybridized carbons (Fsp3) is 0.667. The fourth-order valence-electron chi connectivity index (χ4n) is 2.10. The Morgan fingerprint density at radius 3 is 2.75 bits per heavy atom. The lowest BCUT2D eigenvalue weighted by Gasteiger charge is -2.14. The van der Waals surface area contributed by atoms with Crippen molar-refractivity contribution in [2.24, 2.45) is 0 Å². The maximum absolute atomic E-state index is 4.26. The lowest BCUT2D eigenvalue weighted by atomic mass is 10.3. The van der Waals surface area contributed by atoms with Crippen LogP contribution in [-0.2, 0) is 0 Å². The number of hydrogen-bond donors (Lipinski definition) is 1. The molecule has 4 heteroatoms. The maximum Gasteiger partial charge on any atom is 0.147 e. The van der Waals surface area contributed by atoms with Crippen LogP contribution >= 0.6 is 0 Å². The number of anilines is 1. The Hall–Kier alpha value is -1.16. The van der Waals surface area contributed by atoms with Gasteiger partial charge in [-0.25, -0.2) is 4.98 Å². The van der Waals surface area contributed by atoms with Crippen LogP contribution in [0.1, 0.15) is 25.0 Å². The summed E-state index contributed by atoms with van der Waals surface area (Å²) in [5.74, 6) is 0.920. The molecule has 0 aliphatic carbocycles. The maximum atomic E-state index is 4.26. The summed E-state index contributed by atoms with van der Waals surface area (Å²) in [4.78, 5) is 11.0. The molecule has 2 rings (SSSR count). The lowest BCUT2D eigenvalue weighted by Crippen LogP contribution is -2.22. The number of aryl methyl sites for hydroxylation is 1. The zero-order valence-corrected chi connectivity index (χ0v) is 9.95. The summed E-state index contributed by atoms with van der Waals surface area (Å²) < 4.78 is 0. The van der Waals surface area contributed by atoms with Crippen LogP contribution in [0, 0.1) is 6.92 Å². The van der Waals surface area contributed by atoms with Gasteiger partial charge >= 0.3 is 0 Å². The van der Waals surface area contributed by atoms with E-state index in [1.54, 1.807) is 12.4 Å². The highest BCUT2D eigenvalue weighted by atomic mass is 15.1. The summed E-state index contributed by atoms with van der Waals surface area (Å²) in [6, 6.07) is 0.